The Kier molecular flexibility index (Phi) is 4.58. The molecule has 0 aliphatic carbocycles. The molecule has 3 nitrogen and oxygen atoms in total. The fourth-order valence-corrected chi connectivity index (χ4v) is 3.29. The predicted molar refractivity (Wildman–Crippen MR) is 84.7 cm³/mol. The first-order valence-electron chi connectivity index (χ1n) is 6.93. The van der Waals surface area contributed by atoms with E-state index in [1.807, 2.05) is 35.7 Å². The highest BCUT2D eigenvalue weighted by Gasteiger charge is 2.26. The van der Waals surface area contributed by atoms with Crippen LogP contribution in [-0.2, 0) is 9.53 Å². The van der Waals surface area contributed by atoms with E-state index >= 15 is 0 Å². The second-order valence-electron chi connectivity index (χ2n) is 5.05. The molecule has 0 saturated carbocycles. The number of thiophene rings is 1. The fourth-order valence-electron chi connectivity index (χ4n) is 2.47. The molecule has 2 heterocycles. The van der Waals surface area contributed by atoms with Crippen LogP contribution in [0, 0.1) is 0 Å². The van der Waals surface area contributed by atoms with Gasteiger partial charge < -0.3 is 10.1 Å². The highest BCUT2D eigenvalue weighted by Crippen LogP contribution is 2.26. The van der Waals surface area contributed by atoms with Crippen LogP contribution in [0.3, 0.4) is 0 Å². The molecule has 110 valence electrons. The number of benzene rings is 1. The lowest BCUT2D eigenvalue weighted by Gasteiger charge is -2.20. The Hall–Kier alpha value is -1.36. The van der Waals surface area contributed by atoms with Gasteiger partial charge in [-0.2, -0.15) is 11.3 Å². The van der Waals surface area contributed by atoms with Crippen molar-refractivity contribution < 1.29 is 9.53 Å². The number of halogens is 1. The number of nitrogens with one attached hydrogen (secondary N) is 1. The van der Waals surface area contributed by atoms with E-state index in [9.17, 15) is 4.79 Å². The maximum absolute atomic E-state index is 12.3. The fraction of sp³-hybridized carbons (Fsp3) is 0.312. The van der Waals surface area contributed by atoms with Crippen LogP contribution in [0.15, 0.2) is 41.1 Å². The predicted octanol–water partition coefficient (Wildman–Crippen LogP) is 3.79. The average molecular weight is 322 g/mol. The highest BCUT2D eigenvalue weighted by atomic mass is 35.5. The smallest absolute Gasteiger partial charge is 0.249 e. The van der Waals surface area contributed by atoms with Gasteiger partial charge in [-0.1, -0.05) is 23.7 Å². The van der Waals surface area contributed by atoms with Gasteiger partial charge >= 0.3 is 0 Å². The summed E-state index contributed by atoms with van der Waals surface area (Å²) in [7, 11) is 0. The number of hydrogen-bond donors (Lipinski definition) is 1. The minimum atomic E-state index is -0.321. The molecule has 0 spiro atoms. The SMILES string of the molecule is O=C(N[C@@H](c1ccc(Cl)cc1)c1ccsc1)[C@H]1CCCO1. The monoisotopic (exact) mass is 321 g/mol. The number of rotatable bonds is 4. The van der Waals surface area contributed by atoms with Crippen molar-refractivity contribution in [2.24, 2.45) is 0 Å². The summed E-state index contributed by atoms with van der Waals surface area (Å²) in [5, 5.41) is 7.85. The van der Waals surface area contributed by atoms with Crippen molar-refractivity contribution in [2.75, 3.05) is 6.61 Å². The zero-order valence-corrected chi connectivity index (χ0v) is 13.0. The Bertz CT molecular complexity index is 591. The van der Waals surface area contributed by atoms with Gasteiger partial charge in [-0.25, -0.2) is 0 Å². The van der Waals surface area contributed by atoms with Crippen LogP contribution in [0.25, 0.3) is 0 Å². The zero-order valence-electron chi connectivity index (χ0n) is 11.4. The number of amides is 1. The standard InChI is InChI=1S/C16H16ClNO2S/c17-13-5-3-11(4-6-13)15(12-7-9-21-10-12)18-16(19)14-2-1-8-20-14/h3-7,9-10,14-15H,1-2,8H2,(H,18,19)/t14-,15+/m1/s1. The van der Waals surface area contributed by atoms with Crippen molar-refractivity contribution in [1.82, 2.24) is 5.32 Å². The van der Waals surface area contributed by atoms with E-state index in [0.29, 0.717) is 11.6 Å². The van der Waals surface area contributed by atoms with E-state index in [1.165, 1.54) is 0 Å². The van der Waals surface area contributed by atoms with Gasteiger partial charge in [-0.3, -0.25) is 4.79 Å². The molecular weight excluding hydrogens is 306 g/mol. The topological polar surface area (TPSA) is 38.3 Å². The molecule has 1 aromatic heterocycles. The molecular formula is C16H16ClNO2S. The molecule has 1 saturated heterocycles. The van der Waals surface area contributed by atoms with Gasteiger partial charge in [0.2, 0.25) is 5.91 Å². The molecule has 21 heavy (non-hydrogen) atoms. The average Bonchev–Trinajstić information content (AvgIpc) is 3.19. The summed E-state index contributed by atoms with van der Waals surface area (Å²) in [6.07, 6.45) is 1.42. The van der Waals surface area contributed by atoms with Crippen molar-refractivity contribution >= 4 is 28.8 Å². The highest BCUT2D eigenvalue weighted by molar-refractivity contribution is 7.08. The molecule has 5 heteroatoms. The zero-order chi connectivity index (χ0) is 14.7. The third kappa shape index (κ3) is 3.46. The van der Waals surface area contributed by atoms with Crippen molar-refractivity contribution in [3.63, 3.8) is 0 Å². The molecule has 1 aliphatic heterocycles. The van der Waals surface area contributed by atoms with Crippen LogP contribution >= 0.6 is 22.9 Å². The molecule has 1 aliphatic rings. The van der Waals surface area contributed by atoms with Gasteiger partial charge in [-0.15, -0.1) is 0 Å². The molecule has 1 aromatic carbocycles. The Morgan fingerprint density at radius 2 is 2.10 bits per heavy atom. The first-order valence-corrected chi connectivity index (χ1v) is 8.25. The van der Waals surface area contributed by atoms with Crippen LogP contribution in [0.4, 0.5) is 0 Å². The maximum atomic E-state index is 12.3. The Morgan fingerprint density at radius 3 is 2.71 bits per heavy atom. The summed E-state index contributed by atoms with van der Waals surface area (Å²) in [4.78, 5) is 12.3. The first kappa shape index (κ1) is 14.6. The minimum absolute atomic E-state index is 0.0429. The molecule has 0 radical (unpaired) electrons. The second-order valence-corrected chi connectivity index (χ2v) is 6.27. The van der Waals surface area contributed by atoms with Crippen LogP contribution < -0.4 is 5.32 Å². The summed E-state index contributed by atoms with van der Waals surface area (Å²) >= 11 is 7.56. The summed E-state index contributed by atoms with van der Waals surface area (Å²) in [6, 6.07) is 9.44. The van der Waals surface area contributed by atoms with Crippen molar-refractivity contribution in [1.29, 1.82) is 0 Å². The van der Waals surface area contributed by atoms with Gasteiger partial charge in [-0.05, 0) is 52.9 Å². The van der Waals surface area contributed by atoms with Gasteiger partial charge in [0.15, 0.2) is 0 Å². The Morgan fingerprint density at radius 1 is 1.29 bits per heavy atom. The second kappa shape index (κ2) is 6.60. The van der Waals surface area contributed by atoms with E-state index in [4.69, 9.17) is 16.3 Å². The van der Waals surface area contributed by atoms with Gasteiger partial charge in [0.05, 0.1) is 6.04 Å². The summed E-state index contributed by atoms with van der Waals surface area (Å²) in [5.74, 6) is -0.0429. The minimum Gasteiger partial charge on any atom is -0.368 e. The lowest BCUT2D eigenvalue weighted by Crippen LogP contribution is -2.37. The summed E-state index contributed by atoms with van der Waals surface area (Å²) in [5.41, 5.74) is 2.10. The molecule has 0 bridgehead atoms. The third-order valence-corrected chi connectivity index (χ3v) is 4.54. The number of carbonyl (C=O) groups excluding carboxylic acids is 1. The number of carbonyl (C=O) groups is 1. The van der Waals surface area contributed by atoms with Crippen LogP contribution in [0.1, 0.15) is 30.0 Å². The van der Waals surface area contributed by atoms with Crippen molar-refractivity contribution in [3.05, 3.63) is 57.2 Å². The van der Waals surface area contributed by atoms with Gasteiger partial charge in [0, 0.05) is 11.6 Å². The first-order chi connectivity index (χ1) is 10.2. The molecule has 1 fully saturated rings. The van der Waals surface area contributed by atoms with Crippen LogP contribution in [0.2, 0.25) is 5.02 Å². The van der Waals surface area contributed by atoms with E-state index in [-0.39, 0.29) is 18.1 Å². The van der Waals surface area contributed by atoms with Gasteiger partial charge in [0.1, 0.15) is 6.10 Å². The van der Waals surface area contributed by atoms with Crippen molar-refractivity contribution in [3.8, 4) is 0 Å². The molecule has 1 amide bonds. The molecule has 3 rings (SSSR count). The van der Waals surface area contributed by atoms with E-state index < -0.39 is 0 Å². The molecule has 1 N–H and O–H groups in total. The third-order valence-electron chi connectivity index (χ3n) is 3.59. The van der Waals surface area contributed by atoms with E-state index in [2.05, 4.69) is 10.7 Å². The molecule has 2 atom stereocenters. The van der Waals surface area contributed by atoms with E-state index in [0.717, 1.165) is 24.0 Å². The summed E-state index contributed by atoms with van der Waals surface area (Å²) < 4.78 is 5.46. The lowest BCUT2D eigenvalue weighted by molar-refractivity contribution is -0.130. The van der Waals surface area contributed by atoms with Crippen molar-refractivity contribution in [2.45, 2.75) is 25.0 Å². The largest absolute Gasteiger partial charge is 0.368 e. The maximum Gasteiger partial charge on any atom is 0.249 e. The Labute approximate surface area is 132 Å². The lowest BCUT2D eigenvalue weighted by atomic mass is 10.0. The van der Waals surface area contributed by atoms with E-state index in [1.54, 1.807) is 11.3 Å². The van der Waals surface area contributed by atoms with Crippen LogP contribution in [0.5, 0.6) is 0 Å². The number of hydrogen-bond acceptors (Lipinski definition) is 3. The Balaban J connectivity index is 1.82. The molecule has 2 aromatic rings. The summed E-state index contributed by atoms with van der Waals surface area (Å²) in [6.45, 7) is 0.669. The van der Waals surface area contributed by atoms with Gasteiger partial charge in [0.25, 0.3) is 0 Å². The normalized spacial score (nSPS) is 19.4. The number of ether oxygens (including phenoxy) is 1. The quantitative estimate of drug-likeness (QED) is 0.930. The molecule has 0 unspecified atom stereocenters. The van der Waals surface area contributed by atoms with Crippen LogP contribution in [-0.4, -0.2) is 18.6 Å².